The zero-order valence-corrected chi connectivity index (χ0v) is 17.6. The standard InChI is InChI=1S/C23H21N3O4S/c1-29-20-13-11-18(12-14-20)24-21(27)15-30-22(28)16-7-9-19(10-8-16)26-23(31)25-17-5-3-2-4-6-17/h2-14H,15H2,1H3,(H,24,27)(H2,25,26,31). The lowest BCUT2D eigenvalue weighted by Gasteiger charge is -2.11. The maximum atomic E-state index is 12.2. The van der Waals surface area contributed by atoms with Crippen LogP contribution in [-0.2, 0) is 9.53 Å². The van der Waals surface area contributed by atoms with Crippen molar-refractivity contribution in [2.24, 2.45) is 0 Å². The lowest BCUT2D eigenvalue weighted by Crippen LogP contribution is -2.21. The summed E-state index contributed by atoms with van der Waals surface area (Å²) in [6.45, 7) is -0.393. The number of benzene rings is 3. The zero-order chi connectivity index (χ0) is 22.1. The molecule has 158 valence electrons. The Balaban J connectivity index is 1.45. The molecule has 0 aliphatic rings. The number of carbonyl (C=O) groups is 2. The Bertz CT molecular complexity index is 1040. The number of rotatable bonds is 7. The Hall–Kier alpha value is -3.91. The van der Waals surface area contributed by atoms with E-state index in [0.29, 0.717) is 27.8 Å². The van der Waals surface area contributed by atoms with E-state index in [-0.39, 0.29) is 0 Å². The number of esters is 1. The molecule has 7 nitrogen and oxygen atoms in total. The molecule has 0 aromatic heterocycles. The molecule has 0 saturated heterocycles. The predicted octanol–water partition coefficient (Wildman–Crippen LogP) is 4.30. The van der Waals surface area contributed by atoms with Gasteiger partial charge in [0.15, 0.2) is 11.7 Å². The second-order valence-corrected chi connectivity index (χ2v) is 6.78. The summed E-state index contributed by atoms with van der Waals surface area (Å²) in [6, 6.07) is 23.0. The van der Waals surface area contributed by atoms with Crippen LogP contribution in [0.3, 0.4) is 0 Å². The smallest absolute Gasteiger partial charge is 0.338 e. The summed E-state index contributed by atoms with van der Waals surface area (Å²) in [5.41, 5.74) is 2.48. The van der Waals surface area contributed by atoms with E-state index in [9.17, 15) is 9.59 Å². The van der Waals surface area contributed by atoms with Crippen molar-refractivity contribution in [1.82, 2.24) is 0 Å². The van der Waals surface area contributed by atoms with E-state index < -0.39 is 18.5 Å². The molecule has 0 aliphatic heterocycles. The van der Waals surface area contributed by atoms with Crippen molar-refractivity contribution >= 4 is 46.3 Å². The van der Waals surface area contributed by atoms with E-state index in [1.807, 2.05) is 30.3 Å². The average molecular weight is 436 g/mol. The quantitative estimate of drug-likeness (QED) is 0.377. The summed E-state index contributed by atoms with van der Waals surface area (Å²) in [5.74, 6) is -0.352. The molecule has 0 spiro atoms. The van der Waals surface area contributed by atoms with Crippen LogP contribution in [0.5, 0.6) is 5.75 Å². The van der Waals surface area contributed by atoms with Crippen molar-refractivity contribution in [2.45, 2.75) is 0 Å². The molecular weight excluding hydrogens is 414 g/mol. The van der Waals surface area contributed by atoms with Crippen LogP contribution in [0.4, 0.5) is 17.1 Å². The first-order valence-corrected chi connectivity index (χ1v) is 9.78. The van der Waals surface area contributed by atoms with E-state index in [4.69, 9.17) is 21.7 Å². The second-order valence-electron chi connectivity index (χ2n) is 6.38. The van der Waals surface area contributed by atoms with Crippen LogP contribution in [0, 0.1) is 0 Å². The number of ether oxygens (including phenoxy) is 2. The predicted molar refractivity (Wildman–Crippen MR) is 125 cm³/mol. The van der Waals surface area contributed by atoms with Gasteiger partial charge in [0.1, 0.15) is 5.75 Å². The van der Waals surface area contributed by atoms with Crippen molar-refractivity contribution in [3.8, 4) is 5.75 Å². The van der Waals surface area contributed by atoms with Crippen LogP contribution >= 0.6 is 12.2 Å². The van der Waals surface area contributed by atoms with E-state index in [1.54, 1.807) is 55.6 Å². The van der Waals surface area contributed by atoms with Gasteiger partial charge in [0.05, 0.1) is 12.7 Å². The minimum atomic E-state index is -0.596. The molecule has 0 fully saturated rings. The normalized spacial score (nSPS) is 9.97. The van der Waals surface area contributed by atoms with Gasteiger partial charge in [0.2, 0.25) is 0 Å². The molecule has 0 saturated carbocycles. The number of para-hydroxylation sites is 1. The summed E-state index contributed by atoms with van der Waals surface area (Å²) in [7, 11) is 1.56. The van der Waals surface area contributed by atoms with E-state index >= 15 is 0 Å². The molecule has 3 aromatic rings. The van der Waals surface area contributed by atoms with Crippen molar-refractivity contribution in [1.29, 1.82) is 0 Å². The minimum Gasteiger partial charge on any atom is -0.497 e. The molecule has 3 N–H and O–H groups in total. The number of nitrogens with one attached hydrogen (secondary N) is 3. The van der Waals surface area contributed by atoms with Crippen molar-refractivity contribution in [3.63, 3.8) is 0 Å². The van der Waals surface area contributed by atoms with Crippen LogP contribution in [0.15, 0.2) is 78.9 Å². The van der Waals surface area contributed by atoms with Gasteiger partial charge in [-0.1, -0.05) is 18.2 Å². The van der Waals surface area contributed by atoms with Gasteiger partial charge in [-0.15, -0.1) is 0 Å². The maximum Gasteiger partial charge on any atom is 0.338 e. The van der Waals surface area contributed by atoms with Crippen molar-refractivity contribution in [2.75, 3.05) is 29.7 Å². The molecule has 0 bridgehead atoms. The molecule has 0 unspecified atom stereocenters. The number of anilines is 3. The molecule has 0 radical (unpaired) electrons. The fraction of sp³-hybridized carbons (Fsp3) is 0.0870. The highest BCUT2D eigenvalue weighted by atomic mass is 32.1. The summed E-state index contributed by atoms with van der Waals surface area (Å²) in [6.07, 6.45) is 0. The van der Waals surface area contributed by atoms with Crippen molar-refractivity contribution in [3.05, 3.63) is 84.4 Å². The third-order valence-corrected chi connectivity index (χ3v) is 4.32. The van der Waals surface area contributed by atoms with Gasteiger partial charge < -0.3 is 25.4 Å². The van der Waals surface area contributed by atoms with Crippen molar-refractivity contribution < 1.29 is 19.1 Å². The fourth-order valence-corrected chi connectivity index (χ4v) is 2.83. The lowest BCUT2D eigenvalue weighted by atomic mass is 10.2. The first-order valence-electron chi connectivity index (χ1n) is 9.37. The molecule has 0 atom stereocenters. The number of amides is 1. The van der Waals surface area contributed by atoms with Gasteiger partial charge in [0, 0.05) is 17.1 Å². The van der Waals surface area contributed by atoms with Gasteiger partial charge in [-0.3, -0.25) is 4.79 Å². The third-order valence-electron chi connectivity index (χ3n) is 4.12. The molecule has 8 heteroatoms. The molecule has 3 rings (SSSR count). The number of thiocarbonyl (C=S) groups is 1. The molecular formula is C23H21N3O4S. The highest BCUT2D eigenvalue weighted by molar-refractivity contribution is 7.80. The summed E-state index contributed by atoms with van der Waals surface area (Å²) >= 11 is 5.28. The van der Waals surface area contributed by atoms with Crippen LogP contribution in [0.25, 0.3) is 0 Å². The highest BCUT2D eigenvalue weighted by Gasteiger charge is 2.11. The summed E-state index contributed by atoms with van der Waals surface area (Å²) in [4.78, 5) is 24.2. The highest BCUT2D eigenvalue weighted by Crippen LogP contribution is 2.15. The van der Waals surface area contributed by atoms with Gasteiger partial charge in [-0.2, -0.15) is 0 Å². The first kappa shape index (κ1) is 21.8. The number of hydrogen-bond acceptors (Lipinski definition) is 5. The minimum absolute atomic E-state index is 0.324. The number of hydrogen-bond donors (Lipinski definition) is 3. The Morgan fingerprint density at radius 3 is 1.94 bits per heavy atom. The average Bonchev–Trinajstić information content (AvgIpc) is 2.79. The largest absolute Gasteiger partial charge is 0.497 e. The van der Waals surface area contributed by atoms with E-state index in [0.717, 1.165) is 5.69 Å². The molecule has 1 amide bonds. The molecule has 0 aliphatic carbocycles. The summed E-state index contributed by atoms with van der Waals surface area (Å²) in [5, 5.41) is 9.18. The summed E-state index contributed by atoms with van der Waals surface area (Å²) < 4.78 is 10.1. The van der Waals surface area contributed by atoms with E-state index in [1.165, 1.54) is 0 Å². The Kier molecular flexibility index (Phi) is 7.56. The van der Waals surface area contributed by atoms with Gasteiger partial charge in [-0.25, -0.2) is 4.79 Å². The van der Waals surface area contributed by atoms with Gasteiger partial charge in [-0.05, 0) is 72.9 Å². The molecule has 0 heterocycles. The topological polar surface area (TPSA) is 88.7 Å². The lowest BCUT2D eigenvalue weighted by molar-refractivity contribution is -0.119. The third kappa shape index (κ3) is 6.83. The maximum absolute atomic E-state index is 12.2. The SMILES string of the molecule is COc1ccc(NC(=O)COC(=O)c2ccc(NC(=S)Nc3ccccc3)cc2)cc1. The number of carbonyl (C=O) groups excluding carboxylic acids is 2. The molecule has 31 heavy (non-hydrogen) atoms. The van der Waals surface area contributed by atoms with Crippen LogP contribution in [-0.4, -0.2) is 30.7 Å². The first-order chi connectivity index (χ1) is 15.0. The van der Waals surface area contributed by atoms with Gasteiger partial charge >= 0.3 is 5.97 Å². The Morgan fingerprint density at radius 2 is 1.32 bits per heavy atom. The van der Waals surface area contributed by atoms with Gasteiger partial charge in [0.25, 0.3) is 5.91 Å². The fourth-order valence-electron chi connectivity index (χ4n) is 2.59. The Labute approximate surface area is 185 Å². The zero-order valence-electron chi connectivity index (χ0n) is 16.8. The Morgan fingerprint density at radius 1 is 0.774 bits per heavy atom. The second kappa shape index (κ2) is 10.7. The monoisotopic (exact) mass is 435 g/mol. The van der Waals surface area contributed by atoms with E-state index in [2.05, 4.69) is 16.0 Å². The number of methoxy groups -OCH3 is 1. The van der Waals surface area contributed by atoms with Crippen LogP contribution < -0.4 is 20.7 Å². The molecule has 3 aromatic carbocycles. The van der Waals surface area contributed by atoms with Crippen LogP contribution in [0.2, 0.25) is 0 Å². The van der Waals surface area contributed by atoms with Crippen LogP contribution in [0.1, 0.15) is 10.4 Å².